The van der Waals surface area contributed by atoms with Crippen molar-refractivity contribution in [3.63, 3.8) is 0 Å². The van der Waals surface area contributed by atoms with E-state index in [2.05, 4.69) is 35.0 Å². The van der Waals surface area contributed by atoms with Gasteiger partial charge >= 0.3 is 0 Å². The summed E-state index contributed by atoms with van der Waals surface area (Å²) in [6, 6.07) is 13.8. The van der Waals surface area contributed by atoms with Gasteiger partial charge in [-0.15, -0.1) is 0 Å². The second-order valence-corrected chi connectivity index (χ2v) is 9.61. The Morgan fingerprint density at radius 3 is 2.66 bits per heavy atom. The van der Waals surface area contributed by atoms with E-state index in [0.29, 0.717) is 55.8 Å². The Bertz CT molecular complexity index is 1800. The summed E-state index contributed by atoms with van der Waals surface area (Å²) >= 11 is 0. The van der Waals surface area contributed by atoms with E-state index in [4.69, 9.17) is 0 Å². The van der Waals surface area contributed by atoms with Gasteiger partial charge in [-0.3, -0.25) is 15.0 Å². The zero-order valence-electron chi connectivity index (χ0n) is 20.4. The number of nitrogens with zero attached hydrogens (tertiary/aromatic N) is 5. The van der Waals surface area contributed by atoms with Crippen LogP contribution < -0.4 is 0 Å². The standard InChI is InChI=1S/C29H23F2N7/c30-22-6-2-1-5-20(22)21-9-10-33-28-26(21)34-29(35-28)27-24-23(36-37-27)8-7-19(25(24)31)18-13-17(14-32-15-18)16-38-11-3-4-12-38/h1-2,5-10,13-15H,3-4,11-12,16H2,(H,36,37)(H,33,34,35). The minimum Gasteiger partial charge on any atom is -0.335 e. The summed E-state index contributed by atoms with van der Waals surface area (Å²) in [6.07, 6.45) is 7.53. The highest BCUT2D eigenvalue weighted by molar-refractivity contribution is 5.98. The first-order valence-electron chi connectivity index (χ1n) is 12.6. The predicted octanol–water partition coefficient (Wildman–Crippen LogP) is 6.10. The maximum Gasteiger partial charge on any atom is 0.178 e. The van der Waals surface area contributed by atoms with E-state index in [1.165, 1.54) is 18.9 Å². The summed E-state index contributed by atoms with van der Waals surface area (Å²) in [7, 11) is 0. The van der Waals surface area contributed by atoms with Crippen molar-refractivity contribution >= 4 is 22.1 Å². The monoisotopic (exact) mass is 507 g/mol. The number of rotatable bonds is 5. The summed E-state index contributed by atoms with van der Waals surface area (Å²) in [5, 5.41) is 7.61. The van der Waals surface area contributed by atoms with E-state index in [1.807, 2.05) is 18.3 Å². The Balaban J connectivity index is 1.32. The molecule has 2 N–H and O–H groups in total. The van der Waals surface area contributed by atoms with E-state index in [9.17, 15) is 4.39 Å². The summed E-state index contributed by atoms with van der Waals surface area (Å²) in [6.45, 7) is 2.96. The van der Waals surface area contributed by atoms with Crippen LogP contribution >= 0.6 is 0 Å². The number of benzene rings is 2. The molecule has 6 aromatic rings. The second kappa shape index (κ2) is 9.11. The fourth-order valence-electron chi connectivity index (χ4n) is 5.31. The lowest BCUT2D eigenvalue weighted by Crippen LogP contribution is -2.18. The fourth-order valence-corrected chi connectivity index (χ4v) is 5.31. The van der Waals surface area contributed by atoms with Crippen LogP contribution in [0.2, 0.25) is 0 Å². The molecule has 0 aliphatic carbocycles. The number of hydrogen-bond donors (Lipinski definition) is 2. The van der Waals surface area contributed by atoms with Crippen molar-refractivity contribution in [1.29, 1.82) is 0 Å². The van der Waals surface area contributed by atoms with Crippen LogP contribution in [0.15, 0.2) is 67.1 Å². The number of halogens is 2. The molecule has 0 radical (unpaired) electrons. The molecular formula is C29H23F2N7. The first-order chi connectivity index (χ1) is 18.7. The molecule has 1 aliphatic heterocycles. The van der Waals surface area contributed by atoms with E-state index in [-0.39, 0.29) is 5.82 Å². The van der Waals surface area contributed by atoms with Gasteiger partial charge in [0.2, 0.25) is 0 Å². The van der Waals surface area contributed by atoms with Gasteiger partial charge in [-0.05, 0) is 61.8 Å². The summed E-state index contributed by atoms with van der Waals surface area (Å²) < 4.78 is 30.7. The Hall–Kier alpha value is -4.50. The van der Waals surface area contributed by atoms with Gasteiger partial charge in [0.15, 0.2) is 11.5 Å². The van der Waals surface area contributed by atoms with Gasteiger partial charge in [0.1, 0.15) is 17.3 Å². The molecule has 7 rings (SSSR count). The van der Waals surface area contributed by atoms with Crippen LogP contribution in [0.25, 0.3) is 55.8 Å². The molecule has 0 atom stereocenters. The molecule has 5 heterocycles. The Kier molecular flexibility index (Phi) is 5.44. The van der Waals surface area contributed by atoms with E-state index >= 15 is 4.39 Å². The fraction of sp³-hybridized carbons (Fsp3) is 0.172. The van der Waals surface area contributed by atoms with Crippen LogP contribution in [0.1, 0.15) is 18.4 Å². The highest BCUT2D eigenvalue weighted by Crippen LogP contribution is 2.35. The number of likely N-dealkylation sites (tertiary alicyclic amines) is 1. The lowest BCUT2D eigenvalue weighted by molar-refractivity contribution is 0.331. The third-order valence-corrected chi connectivity index (χ3v) is 7.16. The lowest BCUT2D eigenvalue weighted by atomic mass is 10.0. The molecule has 7 nitrogen and oxygen atoms in total. The molecule has 0 bridgehead atoms. The molecule has 0 amide bonds. The predicted molar refractivity (Wildman–Crippen MR) is 142 cm³/mol. The van der Waals surface area contributed by atoms with Crippen LogP contribution in [0.5, 0.6) is 0 Å². The lowest BCUT2D eigenvalue weighted by Gasteiger charge is -2.15. The topological polar surface area (TPSA) is 86.4 Å². The molecule has 4 aromatic heterocycles. The number of imidazole rings is 1. The SMILES string of the molecule is Fc1ccccc1-c1ccnc2nc(-c3n[nH]c4ccc(-c5cncc(CN6CCCC6)c5)c(F)c34)[nH]c12. The third-order valence-electron chi connectivity index (χ3n) is 7.16. The van der Waals surface area contributed by atoms with E-state index < -0.39 is 5.82 Å². The molecule has 188 valence electrons. The average molecular weight is 508 g/mol. The molecular weight excluding hydrogens is 484 g/mol. The normalized spacial score (nSPS) is 14.2. The van der Waals surface area contributed by atoms with Crippen LogP contribution in [-0.2, 0) is 6.54 Å². The Morgan fingerprint density at radius 1 is 0.921 bits per heavy atom. The summed E-state index contributed by atoms with van der Waals surface area (Å²) in [5.41, 5.74) is 5.08. The highest BCUT2D eigenvalue weighted by atomic mass is 19.1. The first kappa shape index (κ1) is 22.7. The van der Waals surface area contributed by atoms with Gasteiger partial charge in [0, 0.05) is 47.4 Å². The molecule has 0 saturated carbocycles. The molecule has 1 aliphatic rings. The zero-order chi connectivity index (χ0) is 25.6. The van der Waals surface area contributed by atoms with Crippen molar-refractivity contribution < 1.29 is 8.78 Å². The van der Waals surface area contributed by atoms with Gasteiger partial charge in [0.25, 0.3) is 0 Å². The largest absolute Gasteiger partial charge is 0.335 e. The van der Waals surface area contributed by atoms with Gasteiger partial charge in [-0.25, -0.2) is 18.7 Å². The minimum absolute atomic E-state index is 0.318. The van der Waals surface area contributed by atoms with Crippen molar-refractivity contribution in [2.45, 2.75) is 19.4 Å². The maximum atomic E-state index is 16.1. The van der Waals surface area contributed by atoms with Gasteiger partial charge in [-0.2, -0.15) is 5.10 Å². The minimum atomic E-state index is -0.408. The van der Waals surface area contributed by atoms with Crippen molar-refractivity contribution in [3.8, 4) is 33.8 Å². The molecule has 9 heteroatoms. The highest BCUT2D eigenvalue weighted by Gasteiger charge is 2.21. The number of pyridine rings is 2. The Morgan fingerprint density at radius 2 is 1.79 bits per heavy atom. The number of fused-ring (bicyclic) bond motifs is 2. The number of hydrogen-bond acceptors (Lipinski definition) is 5. The van der Waals surface area contributed by atoms with Crippen molar-refractivity contribution in [1.82, 2.24) is 35.0 Å². The summed E-state index contributed by atoms with van der Waals surface area (Å²) in [4.78, 5) is 18.9. The maximum absolute atomic E-state index is 16.1. The molecule has 1 saturated heterocycles. The number of nitrogens with one attached hydrogen (secondary N) is 2. The van der Waals surface area contributed by atoms with Gasteiger partial charge < -0.3 is 4.98 Å². The molecule has 38 heavy (non-hydrogen) atoms. The third kappa shape index (κ3) is 3.83. The van der Waals surface area contributed by atoms with Crippen molar-refractivity contribution in [2.75, 3.05) is 13.1 Å². The summed E-state index contributed by atoms with van der Waals surface area (Å²) in [5.74, 6) is -0.411. The number of aromatic amines is 2. The average Bonchev–Trinajstić information content (AvgIpc) is 3.69. The molecule has 2 aromatic carbocycles. The Labute approximate surface area is 216 Å². The number of aromatic nitrogens is 6. The smallest absolute Gasteiger partial charge is 0.178 e. The van der Waals surface area contributed by atoms with Crippen LogP contribution in [0, 0.1) is 11.6 Å². The zero-order valence-corrected chi connectivity index (χ0v) is 20.4. The van der Waals surface area contributed by atoms with Crippen molar-refractivity contribution in [2.24, 2.45) is 0 Å². The molecule has 1 fully saturated rings. The quantitative estimate of drug-likeness (QED) is 0.294. The van der Waals surface area contributed by atoms with E-state index in [0.717, 1.165) is 25.2 Å². The van der Waals surface area contributed by atoms with Crippen LogP contribution in [0.4, 0.5) is 8.78 Å². The first-order valence-corrected chi connectivity index (χ1v) is 12.6. The van der Waals surface area contributed by atoms with E-state index in [1.54, 1.807) is 42.7 Å². The van der Waals surface area contributed by atoms with Gasteiger partial charge in [-0.1, -0.05) is 18.2 Å². The molecule has 0 spiro atoms. The van der Waals surface area contributed by atoms with Crippen molar-refractivity contribution in [3.05, 3.63) is 84.3 Å². The molecule has 0 unspecified atom stereocenters. The second-order valence-electron chi connectivity index (χ2n) is 9.61. The number of H-pyrrole nitrogens is 2. The van der Waals surface area contributed by atoms with Gasteiger partial charge in [0.05, 0.1) is 16.4 Å². The van der Waals surface area contributed by atoms with Crippen LogP contribution in [0.3, 0.4) is 0 Å². The van der Waals surface area contributed by atoms with Crippen LogP contribution in [-0.4, -0.2) is 48.1 Å².